The maximum Gasteiger partial charge on any atom is 0.244 e. The average molecular weight is 491 g/mol. The molecule has 10 heteroatoms. The van der Waals surface area contributed by atoms with Gasteiger partial charge in [-0.2, -0.15) is 5.10 Å². The van der Waals surface area contributed by atoms with E-state index in [4.69, 9.17) is 0 Å². The number of fused-ring (bicyclic) bond motifs is 1. The normalized spacial score (nSPS) is 16.1. The maximum absolute atomic E-state index is 14.3. The number of halogens is 2. The first kappa shape index (κ1) is 26.7. The van der Waals surface area contributed by atoms with Crippen LogP contribution < -0.4 is 4.90 Å². The second-order valence-electron chi connectivity index (χ2n) is 9.31. The summed E-state index contributed by atoms with van der Waals surface area (Å²) in [4.78, 5) is 36.0. The summed E-state index contributed by atoms with van der Waals surface area (Å²) in [6.45, 7) is 12.0. The quantitative estimate of drug-likeness (QED) is 0.656. The molecule has 35 heavy (non-hydrogen) atoms. The van der Waals surface area contributed by atoms with Gasteiger partial charge in [-0.15, -0.1) is 0 Å². The van der Waals surface area contributed by atoms with E-state index < -0.39 is 11.6 Å². The molecule has 0 aliphatic carbocycles. The van der Waals surface area contributed by atoms with Crippen LogP contribution in [0.2, 0.25) is 0 Å². The van der Waals surface area contributed by atoms with Crippen molar-refractivity contribution in [2.24, 2.45) is 0 Å². The fourth-order valence-corrected chi connectivity index (χ4v) is 4.49. The fourth-order valence-electron chi connectivity index (χ4n) is 4.49. The Kier molecular flexibility index (Phi) is 8.93. The van der Waals surface area contributed by atoms with E-state index in [9.17, 15) is 18.4 Å². The van der Waals surface area contributed by atoms with Gasteiger partial charge in [0, 0.05) is 51.3 Å². The Hall–Kier alpha value is -2.88. The molecule has 0 saturated heterocycles. The lowest BCUT2D eigenvalue weighted by Crippen LogP contribution is -2.41. The van der Waals surface area contributed by atoms with Gasteiger partial charge in [-0.3, -0.25) is 9.59 Å². The third kappa shape index (κ3) is 6.62. The smallest absolute Gasteiger partial charge is 0.244 e. The molecule has 0 saturated carbocycles. The number of anilines is 1. The molecule has 2 amide bonds. The SMILES string of the molecule is CCC(=O)N1CCCN(C(C)C)CCCN(C(=O)Cn2nc(C)nc2C)Cc2cc(F)c(F)cc21. The summed E-state index contributed by atoms with van der Waals surface area (Å²) < 4.78 is 30.2. The van der Waals surface area contributed by atoms with E-state index in [2.05, 4.69) is 28.8 Å². The highest BCUT2D eigenvalue weighted by Gasteiger charge is 2.25. The third-order valence-corrected chi connectivity index (χ3v) is 6.41. The molecule has 1 aromatic heterocycles. The van der Waals surface area contributed by atoms with E-state index in [0.29, 0.717) is 48.5 Å². The molecule has 2 heterocycles. The highest BCUT2D eigenvalue weighted by Crippen LogP contribution is 2.27. The largest absolute Gasteiger partial charge is 0.337 e. The Morgan fingerprint density at radius 1 is 1.00 bits per heavy atom. The lowest BCUT2D eigenvalue weighted by Gasteiger charge is -2.33. The molecule has 1 aliphatic rings. The zero-order chi connectivity index (χ0) is 25.7. The van der Waals surface area contributed by atoms with Gasteiger partial charge in [0.2, 0.25) is 11.8 Å². The second-order valence-corrected chi connectivity index (χ2v) is 9.31. The predicted molar refractivity (Wildman–Crippen MR) is 130 cm³/mol. The van der Waals surface area contributed by atoms with Crippen LogP contribution in [0.4, 0.5) is 14.5 Å². The number of nitrogens with zero attached hydrogens (tertiary/aromatic N) is 6. The third-order valence-electron chi connectivity index (χ3n) is 6.41. The molecule has 1 aromatic carbocycles. The number of aryl methyl sites for hydroxylation is 2. The molecule has 0 spiro atoms. The van der Waals surface area contributed by atoms with Crippen LogP contribution in [0, 0.1) is 25.5 Å². The van der Waals surface area contributed by atoms with Gasteiger partial charge in [0.25, 0.3) is 0 Å². The van der Waals surface area contributed by atoms with Crippen molar-refractivity contribution in [1.82, 2.24) is 24.6 Å². The number of hydrogen-bond donors (Lipinski definition) is 0. The van der Waals surface area contributed by atoms with Gasteiger partial charge in [-0.05, 0) is 52.2 Å². The van der Waals surface area contributed by atoms with Crippen LogP contribution in [0.25, 0.3) is 0 Å². The van der Waals surface area contributed by atoms with Crippen LogP contribution >= 0.6 is 0 Å². The van der Waals surface area contributed by atoms with Gasteiger partial charge < -0.3 is 14.7 Å². The van der Waals surface area contributed by atoms with Gasteiger partial charge in [0.05, 0.1) is 5.69 Å². The highest BCUT2D eigenvalue weighted by molar-refractivity contribution is 5.94. The molecule has 192 valence electrons. The molecule has 8 nitrogen and oxygen atoms in total. The minimum Gasteiger partial charge on any atom is -0.337 e. The monoisotopic (exact) mass is 490 g/mol. The number of rotatable bonds is 4. The van der Waals surface area contributed by atoms with Crippen LogP contribution in [0.1, 0.15) is 57.2 Å². The van der Waals surface area contributed by atoms with Crippen molar-refractivity contribution < 1.29 is 18.4 Å². The highest BCUT2D eigenvalue weighted by atomic mass is 19.2. The molecule has 2 aromatic rings. The van der Waals surface area contributed by atoms with E-state index in [0.717, 1.165) is 31.6 Å². The van der Waals surface area contributed by atoms with Crippen molar-refractivity contribution in [3.63, 3.8) is 0 Å². The maximum atomic E-state index is 14.3. The summed E-state index contributed by atoms with van der Waals surface area (Å²) in [5.41, 5.74) is 0.727. The molecule has 1 aliphatic heterocycles. The van der Waals surface area contributed by atoms with Crippen LogP contribution in [0.3, 0.4) is 0 Å². The first-order valence-corrected chi connectivity index (χ1v) is 12.3. The topological polar surface area (TPSA) is 74.6 Å². The van der Waals surface area contributed by atoms with Gasteiger partial charge in [0.1, 0.15) is 18.2 Å². The van der Waals surface area contributed by atoms with Gasteiger partial charge in [-0.1, -0.05) is 6.92 Å². The Balaban J connectivity index is 2.00. The zero-order valence-electron chi connectivity index (χ0n) is 21.4. The van der Waals surface area contributed by atoms with E-state index in [-0.39, 0.29) is 31.3 Å². The summed E-state index contributed by atoms with van der Waals surface area (Å²) in [6, 6.07) is 2.49. The number of carbonyl (C=O) groups excluding carboxylic acids is 2. The Morgan fingerprint density at radius 2 is 1.66 bits per heavy atom. The molecule has 0 N–H and O–H groups in total. The van der Waals surface area contributed by atoms with Crippen molar-refractivity contribution in [2.45, 2.75) is 73.0 Å². The average Bonchev–Trinajstić information content (AvgIpc) is 3.11. The lowest BCUT2D eigenvalue weighted by molar-refractivity contribution is -0.132. The van der Waals surface area contributed by atoms with Gasteiger partial charge in [-0.25, -0.2) is 18.4 Å². The summed E-state index contributed by atoms with van der Waals surface area (Å²) in [5.74, 6) is -1.18. The first-order chi connectivity index (χ1) is 16.6. The standard InChI is InChI=1S/C25H36F2N6O2/c1-6-24(34)32-12-8-10-30(17(2)3)9-7-11-31(15-20-13-21(26)22(27)14-23(20)32)25(35)16-33-19(5)28-18(4)29-33/h13-14,17H,6-12,15-16H2,1-5H3. The zero-order valence-corrected chi connectivity index (χ0v) is 21.4. The van der Waals surface area contributed by atoms with Crippen molar-refractivity contribution in [3.8, 4) is 0 Å². The van der Waals surface area contributed by atoms with Crippen molar-refractivity contribution >= 4 is 17.5 Å². The molecular formula is C25H36F2N6O2. The van der Waals surface area contributed by atoms with E-state index in [1.807, 2.05) is 0 Å². The lowest BCUT2D eigenvalue weighted by atomic mass is 10.1. The Morgan fingerprint density at radius 3 is 2.26 bits per heavy atom. The summed E-state index contributed by atoms with van der Waals surface area (Å²) in [5, 5.41) is 4.29. The van der Waals surface area contributed by atoms with Crippen molar-refractivity contribution in [1.29, 1.82) is 0 Å². The predicted octanol–water partition coefficient (Wildman–Crippen LogP) is 3.45. The minimum absolute atomic E-state index is 0.00279. The first-order valence-electron chi connectivity index (χ1n) is 12.3. The molecule has 0 fully saturated rings. The molecule has 0 unspecified atom stereocenters. The van der Waals surface area contributed by atoms with Crippen LogP contribution in [-0.2, 0) is 22.7 Å². The van der Waals surface area contributed by atoms with Crippen LogP contribution in [0.5, 0.6) is 0 Å². The molecular weight excluding hydrogens is 454 g/mol. The minimum atomic E-state index is -1.01. The summed E-state index contributed by atoms with van der Waals surface area (Å²) in [7, 11) is 0. The Labute approximate surface area is 205 Å². The van der Waals surface area contributed by atoms with Gasteiger partial charge in [0.15, 0.2) is 11.6 Å². The Bertz CT molecular complexity index is 1050. The number of aromatic nitrogens is 3. The summed E-state index contributed by atoms with van der Waals surface area (Å²) >= 11 is 0. The number of hydrogen-bond acceptors (Lipinski definition) is 5. The van der Waals surface area contributed by atoms with Crippen molar-refractivity contribution in [3.05, 3.63) is 41.0 Å². The van der Waals surface area contributed by atoms with E-state index in [1.54, 1.807) is 30.4 Å². The number of benzene rings is 1. The molecule has 0 radical (unpaired) electrons. The van der Waals surface area contributed by atoms with Crippen molar-refractivity contribution in [2.75, 3.05) is 31.1 Å². The molecule has 0 atom stereocenters. The van der Waals surface area contributed by atoms with Gasteiger partial charge >= 0.3 is 0 Å². The van der Waals surface area contributed by atoms with E-state index in [1.165, 1.54) is 4.90 Å². The second kappa shape index (κ2) is 11.7. The fraction of sp³-hybridized carbons (Fsp3) is 0.600. The number of amides is 2. The van der Waals surface area contributed by atoms with Crippen LogP contribution in [0.15, 0.2) is 12.1 Å². The molecule has 3 rings (SSSR count). The number of carbonyl (C=O) groups is 2. The molecule has 0 bridgehead atoms. The summed E-state index contributed by atoms with van der Waals surface area (Å²) in [6.07, 6.45) is 1.67. The van der Waals surface area contributed by atoms with Crippen LogP contribution in [-0.4, -0.2) is 68.6 Å². The van der Waals surface area contributed by atoms with E-state index >= 15 is 0 Å².